The summed E-state index contributed by atoms with van der Waals surface area (Å²) in [6, 6.07) is 18.9. The largest absolute Gasteiger partial charge is 0.370 e. The second-order valence-electron chi connectivity index (χ2n) is 6.50. The highest BCUT2D eigenvalue weighted by molar-refractivity contribution is 5.44. The van der Waals surface area contributed by atoms with E-state index in [2.05, 4.69) is 39.2 Å². The first kappa shape index (κ1) is 18.8. The van der Waals surface area contributed by atoms with Gasteiger partial charge in [0.25, 0.3) is 0 Å². The molecule has 0 radical (unpaired) electrons. The molecule has 5 heteroatoms. The number of halogens is 1. The van der Waals surface area contributed by atoms with Crippen LogP contribution >= 0.6 is 0 Å². The zero-order valence-electron chi connectivity index (χ0n) is 15.8. The van der Waals surface area contributed by atoms with Crippen molar-refractivity contribution in [1.82, 2.24) is 9.97 Å². The molecule has 1 N–H and O–H groups in total. The SMILES string of the molecule is CCN(Cc1ccccc1)c1nc(C)cc(NCCc2ccc(F)cc2)n1. The van der Waals surface area contributed by atoms with Crippen LogP contribution in [0.4, 0.5) is 16.2 Å². The molecular formula is C22H25FN4. The second kappa shape index (κ2) is 9.12. The molecule has 0 bridgehead atoms. The van der Waals surface area contributed by atoms with E-state index >= 15 is 0 Å². The van der Waals surface area contributed by atoms with Gasteiger partial charge in [-0.2, -0.15) is 4.98 Å². The topological polar surface area (TPSA) is 41.1 Å². The summed E-state index contributed by atoms with van der Waals surface area (Å²) in [5.41, 5.74) is 3.25. The van der Waals surface area contributed by atoms with Gasteiger partial charge >= 0.3 is 0 Å². The molecule has 0 atom stereocenters. The Bertz CT molecular complexity index is 850. The molecule has 0 saturated carbocycles. The first-order chi connectivity index (χ1) is 13.1. The first-order valence-corrected chi connectivity index (χ1v) is 9.27. The van der Waals surface area contributed by atoms with Crippen LogP contribution in [0, 0.1) is 12.7 Å². The van der Waals surface area contributed by atoms with Crippen molar-refractivity contribution in [2.75, 3.05) is 23.3 Å². The van der Waals surface area contributed by atoms with Gasteiger partial charge in [-0.1, -0.05) is 42.5 Å². The Morgan fingerprint density at radius 1 is 0.963 bits per heavy atom. The molecule has 0 saturated heterocycles. The lowest BCUT2D eigenvalue weighted by Crippen LogP contribution is -2.25. The molecule has 2 aromatic carbocycles. The molecule has 0 aliphatic heterocycles. The third-order valence-electron chi connectivity index (χ3n) is 4.36. The van der Waals surface area contributed by atoms with Crippen LogP contribution in [0.2, 0.25) is 0 Å². The Labute approximate surface area is 160 Å². The smallest absolute Gasteiger partial charge is 0.227 e. The van der Waals surface area contributed by atoms with Crippen molar-refractivity contribution < 1.29 is 4.39 Å². The third kappa shape index (κ3) is 5.51. The lowest BCUT2D eigenvalue weighted by Gasteiger charge is -2.22. The molecule has 4 nitrogen and oxygen atoms in total. The lowest BCUT2D eigenvalue weighted by molar-refractivity contribution is 0.627. The summed E-state index contributed by atoms with van der Waals surface area (Å²) in [7, 11) is 0. The Morgan fingerprint density at radius 2 is 1.70 bits per heavy atom. The van der Waals surface area contributed by atoms with Crippen LogP contribution < -0.4 is 10.2 Å². The van der Waals surface area contributed by atoms with E-state index in [1.807, 2.05) is 43.3 Å². The number of nitrogens with one attached hydrogen (secondary N) is 1. The number of aromatic nitrogens is 2. The normalized spacial score (nSPS) is 10.6. The number of hydrogen-bond acceptors (Lipinski definition) is 4. The van der Waals surface area contributed by atoms with Crippen molar-refractivity contribution in [1.29, 1.82) is 0 Å². The van der Waals surface area contributed by atoms with Gasteiger partial charge in [-0.05, 0) is 43.5 Å². The Morgan fingerprint density at radius 3 is 2.41 bits per heavy atom. The first-order valence-electron chi connectivity index (χ1n) is 9.27. The van der Waals surface area contributed by atoms with Gasteiger partial charge in [0.05, 0.1) is 0 Å². The van der Waals surface area contributed by atoms with Crippen LogP contribution in [0.15, 0.2) is 60.7 Å². The molecule has 0 aliphatic rings. The maximum absolute atomic E-state index is 13.0. The lowest BCUT2D eigenvalue weighted by atomic mass is 10.1. The standard InChI is InChI=1S/C22H25FN4/c1-3-27(16-19-7-5-4-6-8-19)22-25-17(2)15-21(26-22)24-14-13-18-9-11-20(23)12-10-18/h4-12,15H,3,13-14,16H2,1-2H3,(H,24,25,26). The summed E-state index contributed by atoms with van der Waals surface area (Å²) in [5, 5.41) is 3.36. The van der Waals surface area contributed by atoms with Crippen molar-refractivity contribution in [3.8, 4) is 0 Å². The minimum Gasteiger partial charge on any atom is -0.370 e. The minimum atomic E-state index is -0.208. The summed E-state index contributed by atoms with van der Waals surface area (Å²) >= 11 is 0. The van der Waals surface area contributed by atoms with Gasteiger partial charge in [0, 0.05) is 31.4 Å². The van der Waals surface area contributed by atoms with Crippen LogP contribution in [0.25, 0.3) is 0 Å². The van der Waals surface area contributed by atoms with E-state index in [9.17, 15) is 4.39 Å². The molecule has 0 amide bonds. The molecule has 0 spiro atoms. The third-order valence-corrected chi connectivity index (χ3v) is 4.36. The summed E-state index contributed by atoms with van der Waals surface area (Å²) in [4.78, 5) is 11.5. The maximum Gasteiger partial charge on any atom is 0.227 e. The average molecular weight is 364 g/mol. The van der Waals surface area contributed by atoms with E-state index in [-0.39, 0.29) is 5.82 Å². The van der Waals surface area contributed by atoms with E-state index in [0.717, 1.165) is 49.1 Å². The van der Waals surface area contributed by atoms with Crippen LogP contribution in [0.1, 0.15) is 23.7 Å². The maximum atomic E-state index is 13.0. The van der Waals surface area contributed by atoms with Gasteiger partial charge in [0.1, 0.15) is 11.6 Å². The summed E-state index contributed by atoms with van der Waals surface area (Å²) < 4.78 is 13.0. The summed E-state index contributed by atoms with van der Waals surface area (Å²) in [6.07, 6.45) is 0.806. The van der Waals surface area contributed by atoms with Gasteiger partial charge in [-0.25, -0.2) is 9.37 Å². The Balaban J connectivity index is 1.66. The van der Waals surface area contributed by atoms with Crippen molar-refractivity contribution in [3.05, 3.63) is 83.3 Å². The quantitative estimate of drug-likeness (QED) is 0.634. The van der Waals surface area contributed by atoms with Crippen molar-refractivity contribution in [3.63, 3.8) is 0 Å². The molecule has 0 aliphatic carbocycles. The number of anilines is 2. The van der Waals surface area contributed by atoms with Gasteiger partial charge < -0.3 is 10.2 Å². The van der Waals surface area contributed by atoms with E-state index in [0.29, 0.717) is 0 Å². The molecule has 1 heterocycles. The van der Waals surface area contributed by atoms with E-state index < -0.39 is 0 Å². The monoisotopic (exact) mass is 364 g/mol. The van der Waals surface area contributed by atoms with Gasteiger partial charge in [-0.15, -0.1) is 0 Å². The van der Waals surface area contributed by atoms with Crippen LogP contribution in [-0.2, 0) is 13.0 Å². The molecule has 0 unspecified atom stereocenters. The summed E-state index contributed by atoms with van der Waals surface area (Å²) in [6.45, 7) is 6.42. The molecule has 1 aromatic heterocycles. The average Bonchev–Trinajstić information content (AvgIpc) is 2.68. The fourth-order valence-corrected chi connectivity index (χ4v) is 2.90. The number of benzene rings is 2. The van der Waals surface area contributed by atoms with Gasteiger partial charge in [0.15, 0.2) is 0 Å². The van der Waals surface area contributed by atoms with Crippen molar-refractivity contribution in [2.24, 2.45) is 0 Å². The van der Waals surface area contributed by atoms with Crippen LogP contribution in [0.5, 0.6) is 0 Å². The highest BCUT2D eigenvalue weighted by Gasteiger charge is 2.10. The predicted molar refractivity (Wildman–Crippen MR) is 109 cm³/mol. The van der Waals surface area contributed by atoms with Crippen molar-refractivity contribution >= 4 is 11.8 Å². The Hall–Kier alpha value is -2.95. The number of hydrogen-bond donors (Lipinski definition) is 1. The van der Waals surface area contributed by atoms with Crippen LogP contribution in [-0.4, -0.2) is 23.1 Å². The van der Waals surface area contributed by atoms with E-state index in [1.165, 1.54) is 17.7 Å². The molecule has 27 heavy (non-hydrogen) atoms. The Kier molecular flexibility index (Phi) is 6.36. The van der Waals surface area contributed by atoms with Gasteiger partial charge in [-0.3, -0.25) is 0 Å². The number of nitrogens with zero attached hydrogens (tertiary/aromatic N) is 3. The van der Waals surface area contributed by atoms with E-state index in [4.69, 9.17) is 0 Å². The zero-order chi connectivity index (χ0) is 19.1. The molecule has 3 aromatic rings. The molecule has 0 fully saturated rings. The van der Waals surface area contributed by atoms with Gasteiger partial charge in [0.2, 0.25) is 5.95 Å². The number of rotatable bonds is 8. The zero-order valence-corrected chi connectivity index (χ0v) is 15.8. The van der Waals surface area contributed by atoms with E-state index in [1.54, 1.807) is 0 Å². The fraction of sp³-hybridized carbons (Fsp3) is 0.273. The highest BCUT2D eigenvalue weighted by atomic mass is 19.1. The second-order valence-corrected chi connectivity index (χ2v) is 6.50. The highest BCUT2D eigenvalue weighted by Crippen LogP contribution is 2.16. The number of aryl methyl sites for hydroxylation is 1. The fourth-order valence-electron chi connectivity index (χ4n) is 2.90. The van der Waals surface area contributed by atoms with Crippen molar-refractivity contribution in [2.45, 2.75) is 26.8 Å². The molecule has 140 valence electrons. The molecular weight excluding hydrogens is 339 g/mol. The minimum absolute atomic E-state index is 0.208. The van der Waals surface area contributed by atoms with Crippen LogP contribution in [0.3, 0.4) is 0 Å². The predicted octanol–water partition coefficient (Wildman–Crippen LogP) is 4.61. The molecule has 3 rings (SSSR count). The summed E-state index contributed by atoms with van der Waals surface area (Å²) in [5.74, 6) is 1.33.